The maximum Gasteiger partial charge on any atom is 0.331 e. The van der Waals surface area contributed by atoms with E-state index in [1.807, 2.05) is 0 Å². The van der Waals surface area contributed by atoms with Gasteiger partial charge in [0.15, 0.2) is 10.9 Å². The lowest BCUT2D eigenvalue weighted by atomic mass is 9.96. The largest absolute Gasteiger partial charge is 0.481 e. The molecule has 2 unspecified atom stereocenters. The Labute approximate surface area is 89.8 Å². The number of carbonyl (C=O) groups is 2. The van der Waals surface area contributed by atoms with E-state index in [0.717, 1.165) is 6.08 Å². The molecule has 15 heavy (non-hydrogen) atoms. The Morgan fingerprint density at radius 1 is 1.60 bits per heavy atom. The molecule has 0 saturated heterocycles. The van der Waals surface area contributed by atoms with Crippen molar-refractivity contribution in [2.45, 2.75) is 10.9 Å². The number of hydrogen-bond acceptors (Lipinski definition) is 4. The Morgan fingerprint density at radius 2 is 2.20 bits per heavy atom. The number of carboxylic acids is 2. The van der Waals surface area contributed by atoms with Crippen molar-refractivity contribution in [1.82, 2.24) is 0 Å². The Bertz CT molecular complexity index is 364. The fourth-order valence-electron chi connectivity index (χ4n) is 1.09. The summed E-state index contributed by atoms with van der Waals surface area (Å²) in [5.41, 5.74) is 0. The number of halogens is 1. The van der Waals surface area contributed by atoms with E-state index in [0.29, 0.717) is 0 Å². The number of alkyl halides is 1. The summed E-state index contributed by atoms with van der Waals surface area (Å²) in [5, 5.41) is 17.6. The Balaban J connectivity index is 3.14. The van der Waals surface area contributed by atoms with Crippen LogP contribution in [0.1, 0.15) is 0 Å². The van der Waals surface area contributed by atoms with Gasteiger partial charge in [0.2, 0.25) is 5.90 Å². The zero-order valence-corrected chi connectivity index (χ0v) is 8.43. The number of carboxylic acid groups (broad SMARTS) is 2. The molecule has 0 radical (unpaired) electrons. The van der Waals surface area contributed by atoms with Crippen molar-refractivity contribution in [3.63, 3.8) is 0 Å². The first-order chi connectivity index (χ1) is 6.91. The van der Waals surface area contributed by atoms with E-state index in [9.17, 15) is 9.59 Å². The van der Waals surface area contributed by atoms with Crippen LogP contribution < -0.4 is 0 Å². The third-order valence-electron chi connectivity index (χ3n) is 1.89. The van der Waals surface area contributed by atoms with Crippen LogP contribution in [-0.4, -0.2) is 46.1 Å². The molecule has 0 aromatic rings. The zero-order chi connectivity index (χ0) is 11.6. The van der Waals surface area contributed by atoms with Gasteiger partial charge in [0, 0.05) is 0 Å². The number of rotatable bonds is 2. The number of dihydropyridines is 1. The monoisotopic (exact) mass is 233 g/mol. The van der Waals surface area contributed by atoms with Crippen LogP contribution in [0.5, 0.6) is 0 Å². The number of nitrogens with zero attached hydrogens (tertiary/aromatic N) is 1. The van der Waals surface area contributed by atoms with Gasteiger partial charge in [0.25, 0.3) is 0 Å². The van der Waals surface area contributed by atoms with Gasteiger partial charge >= 0.3 is 11.9 Å². The van der Waals surface area contributed by atoms with Crippen molar-refractivity contribution < 1.29 is 24.5 Å². The van der Waals surface area contributed by atoms with Crippen LogP contribution in [0.25, 0.3) is 0 Å². The van der Waals surface area contributed by atoms with E-state index in [-0.39, 0.29) is 5.90 Å². The lowest BCUT2D eigenvalue weighted by Crippen LogP contribution is -2.48. The van der Waals surface area contributed by atoms with Gasteiger partial charge in [0.05, 0.1) is 7.11 Å². The third kappa shape index (κ3) is 1.94. The molecule has 2 N–H and O–H groups in total. The minimum atomic E-state index is -2.06. The molecular weight excluding hydrogens is 226 g/mol. The summed E-state index contributed by atoms with van der Waals surface area (Å²) >= 11 is 5.66. The second-order valence-electron chi connectivity index (χ2n) is 2.82. The van der Waals surface area contributed by atoms with E-state index >= 15 is 0 Å². The lowest BCUT2D eigenvalue weighted by Gasteiger charge is -2.25. The molecule has 0 saturated carbocycles. The quantitative estimate of drug-likeness (QED) is 0.660. The van der Waals surface area contributed by atoms with Gasteiger partial charge < -0.3 is 14.9 Å². The van der Waals surface area contributed by atoms with Crippen molar-refractivity contribution in [3.05, 3.63) is 12.2 Å². The van der Waals surface area contributed by atoms with Crippen molar-refractivity contribution >= 4 is 29.4 Å². The first-order valence-corrected chi connectivity index (χ1v) is 4.25. The van der Waals surface area contributed by atoms with Crippen LogP contribution in [-0.2, 0) is 14.3 Å². The van der Waals surface area contributed by atoms with Gasteiger partial charge in [-0.3, -0.25) is 0 Å². The minimum Gasteiger partial charge on any atom is -0.481 e. The fourth-order valence-corrected chi connectivity index (χ4v) is 1.30. The molecular formula is C8H8ClNO5. The number of aliphatic imine (C=N–C) groups is 1. The molecule has 0 amide bonds. The predicted molar refractivity (Wildman–Crippen MR) is 51.2 cm³/mol. The average molecular weight is 234 g/mol. The van der Waals surface area contributed by atoms with Crippen LogP contribution in [0, 0.1) is 0 Å². The van der Waals surface area contributed by atoms with E-state index in [1.54, 1.807) is 0 Å². The Hall–Kier alpha value is -1.56. The van der Waals surface area contributed by atoms with Crippen molar-refractivity contribution in [2.75, 3.05) is 7.11 Å². The molecule has 0 bridgehead atoms. The summed E-state index contributed by atoms with van der Waals surface area (Å²) < 4.78 is 4.69. The number of aliphatic carboxylic acids is 2. The predicted octanol–water partition coefficient (Wildman–Crippen LogP) is 0.116. The summed E-state index contributed by atoms with van der Waals surface area (Å²) in [7, 11) is 1.30. The Kier molecular flexibility index (Phi) is 2.99. The fraction of sp³-hybridized carbons (Fsp3) is 0.375. The molecule has 0 aromatic carbocycles. The molecule has 82 valence electrons. The van der Waals surface area contributed by atoms with Gasteiger partial charge in [-0.25, -0.2) is 14.6 Å². The first kappa shape index (κ1) is 11.5. The van der Waals surface area contributed by atoms with Gasteiger partial charge in [-0.1, -0.05) is 11.6 Å². The van der Waals surface area contributed by atoms with E-state index in [2.05, 4.69) is 4.99 Å². The highest BCUT2D eigenvalue weighted by atomic mass is 35.5. The number of ether oxygens (including phenoxy) is 1. The topological polar surface area (TPSA) is 96.2 Å². The Morgan fingerprint density at radius 3 is 2.60 bits per heavy atom. The van der Waals surface area contributed by atoms with Crippen LogP contribution in [0.2, 0.25) is 0 Å². The van der Waals surface area contributed by atoms with Gasteiger partial charge in [0.1, 0.15) is 0 Å². The SMILES string of the molecule is COC1=NC(C(=O)O)C(Cl)(C(=O)O)C=C1. The normalized spacial score (nSPS) is 29.5. The molecule has 2 atom stereocenters. The molecule has 6 nitrogen and oxygen atoms in total. The summed E-state index contributed by atoms with van der Waals surface area (Å²) in [6.45, 7) is 0. The minimum absolute atomic E-state index is 0.0277. The summed E-state index contributed by atoms with van der Waals surface area (Å²) in [5.74, 6) is -2.86. The second kappa shape index (κ2) is 3.90. The van der Waals surface area contributed by atoms with E-state index in [4.69, 9.17) is 26.6 Å². The standard InChI is InChI=1S/C8H8ClNO5/c1-15-4-2-3-8(9,7(13)14)5(10-4)6(11)12/h2-3,5H,1H3,(H,11,12)(H,13,14). The molecule has 1 rings (SSSR count). The highest BCUT2D eigenvalue weighted by Crippen LogP contribution is 2.28. The second-order valence-corrected chi connectivity index (χ2v) is 3.44. The number of hydrogen-bond donors (Lipinski definition) is 2. The van der Waals surface area contributed by atoms with Crippen LogP contribution in [0.15, 0.2) is 17.1 Å². The van der Waals surface area contributed by atoms with Gasteiger partial charge in [-0.15, -0.1) is 0 Å². The molecule has 1 aliphatic heterocycles. The maximum absolute atomic E-state index is 10.8. The highest BCUT2D eigenvalue weighted by Gasteiger charge is 2.48. The lowest BCUT2D eigenvalue weighted by molar-refractivity contribution is -0.146. The summed E-state index contributed by atoms with van der Waals surface area (Å²) in [6.07, 6.45) is 2.27. The van der Waals surface area contributed by atoms with Crippen LogP contribution in [0.4, 0.5) is 0 Å². The van der Waals surface area contributed by atoms with Crippen molar-refractivity contribution in [1.29, 1.82) is 0 Å². The number of methoxy groups -OCH3 is 1. The molecule has 1 heterocycles. The molecule has 0 aromatic heterocycles. The summed E-state index contributed by atoms with van der Waals surface area (Å²) in [6, 6.07) is -1.60. The van der Waals surface area contributed by atoms with Crippen LogP contribution >= 0.6 is 11.6 Å². The van der Waals surface area contributed by atoms with Gasteiger partial charge in [-0.2, -0.15) is 0 Å². The molecule has 0 spiro atoms. The first-order valence-electron chi connectivity index (χ1n) is 3.88. The van der Waals surface area contributed by atoms with Crippen molar-refractivity contribution in [3.8, 4) is 0 Å². The van der Waals surface area contributed by atoms with Crippen molar-refractivity contribution in [2.24, 2.45) is 4.99 Å². The van der Waals surface area contributed by atoms with E-state index in [1.165, 1.54) is 13.2 Å². The third-order valence-corrected chi connectivity index (χ3v) is 2.39. The van der Waals surface area contributed by atoms with E-state index < -0.39 is 22.9 Å². The van der Waals surface area contributed by atoms with Crippen LogP contribution in [0.3, 0.4) is 0 Å². The van der Waals surface area contributed by atoms with Gasteiger partial charge in [-0.05, 0) is 12.2 Å². The average Bonchev–Trinajstić information content (AvgIpc) is 2.17. The maximum atomic E-state index is 10.8. The molecule has 7 heteroatoms. The zero-order valence-electron chi connectivity index (χ0n) is 7.68. The summed E-state index contributed by atoms with van der Waals surface area (Å²) in [4.78, 5) is 23.1. The smallest absolute Gasteiger partial charge is 0.331 e. The molecule has 1 aliphatic rings. The highest BCUT2D eigenvalue weighted by molar-refractivity contribution is 6.38. The molecule has 0 aliphatic carbocycles. The molecule has 0 fully saturated rings.